The molecule has 1 atom stereocenters. The summed E-state index contributed by atoms with van der Waals surface area (Å²) in [5.41, 5.74) is 4.44. The van der Waals surface area contributed by atoms with Gasteiger partial charge in [-0.25, -0.2) is 0 Å². The highest BCUT2D eigenvalue weighted by Crippen LogP contribution is 2.23. The molecule has 0 aliphatic rings. The van der Waals surface area contributed by atoms with E-state index in [9.17, 15) is 4.79 Å². The number of hydrogen-bond donors (Lipinski definition) is 0. The minimum atomic E-state index is -0.0130. The van der Waals surface area contributed by atoms with Crippen molar-refractivity contribution in [2.24, 2.45) is 0 Å². The van der Waals surface area contributed by atoms with Crippen molar-refractivity contribution in [1.29, 1.82) is 0 Å². The second-order valence-electron chi connectivity index (χ2n) is 6.20. The first kappa shape index (κ1) is 16.9. The third kappa shape index (κ3) is 3.61. The highest BCUT2D eigenvalue weighted by Gasteiger charge is 2.21. The number of nitrogens with zero attached hydrogens (tertiary/aromatic N) is 2. The quantitative estimate of drug-likeness (QED) is 0.682. The summed E-state index contributed by atoms with van der Waals surface area (Å²) >= 11 is 0. The first-order chi connectivity index (χ1) is 12.1. The second kappa shape index (κ2) is 7.31. The van der Waals surface area contributed by atoms with Crippen molar-refractivity contribution in [3.63, 3.8) is 0 Å². The van der Waals surface area contributed by atoms with Gasteiger partial charge in [-0.15, -0.1) is 0 Å². The predicted octanol–water partition coefficient (Wildman–Crippen LogP) is 4.89. The van der Waals surface area contributed by atoms with Crippen LogP contribution in [-0.4, -0.2) is 22.8 Å². The number of aromatic nitrogens is 1. The van der Waals surface area contributed by atoms with Crippen LogP contribution in [0.15, 0.2) is 72.8 Å². The van der Waals surface area contributed by atoms with Crippen molar-refractivity contribution in [3.8, 4) is 11.3 Å². The molecule has 3 heteroatoms. The SMILES string of the molecule is Cc1nc(-c2ccccc2)ccc1C(=O)N(C)C(C)c1ccccc1. The molecule has 0 saturated heterocycles. The molecule has 3 nitrogen and oxygen atoms in total. The maximum absolute atomic E-state index is 12.9. The fourth-order valence-electron chi connectivity index (χ4n) is 2.88. The lowest BCUT2D eigenvalue weighted by Crippen LogP contribution is -2.30. The zero-order valence-electron chi connectivity index (χ0n) is 14.8. The van der Waals surface area contributed by atoms with Crippen LogP contribution in [-0.2, 0) is 0 Å². The molecule has 3 aromatic rings. The van der Waals surface area contributed by atoms with Gasteiger partial charge in [-0.2, -0.15) is 0 Å². The van der Waals surface area contributed by atoms with Gasteiger partial charge in [0.15, 0.2) is 0 Å². The molecule has 0 fully saturated rings. The fourth-order valence-corrected chi connectivity index (χ4v) is 2.88. The molecule has 2 aromatic carbocycles. The van der Waals surface area contributed by atoms with Gasteiger partial charge in [0.1, 0.15) is 0 Å². The number of amides is 1. The Morgan fingerprint density at radius 1 is 0.920 bits per heavy atom. The summed E-state index contributed by atoms with van der Waals surface area (Å²) in [5, 5.41) is 0. The van der Waals surface area contributed by atoms with Crippen molar-refractivity contribution in [2.45, 2.75) is 19.9 Å². The van der Waals surface area contributed by atoms with Crippen LogP contribution >= 0.6 is 0 Å². The van der Waals surface area contributed by atoms with Crippen molar-refractivity contribution in [1.82, 2.24) is 9.88 Å². The van der Waals surface area contributed by atoms with E-state index in [1.807, 2.05) is 93.7 Å². The Kier molecular flexibility index (Phi) is 4.94. The molecule has 1 heterocycles. The number of hydrogen-bond acceptors (Lipinski definition) is 2. The predicted molar refractivity (Wildman–Crippen MR) is 101 cm³/mol. The zero-order valence-corrected chi connectivity index (χ0v) is 14.8. The summed E-state index contributed by atoms with van der Waals surface area (Å²) in [6.07, 6.45) is 0. The van der Waals surface area contributed by atoms with Gasteiger partial charge in [-0.05, 0) is 31.5 Å². The average molecular weight is 330 g/mol. The van der Waals surface area contributed by atoms with Gasteiger partial charge in [0, 0.05) is 12.6 Å². The van der Waals surface area contributed by atoms with E-state index < -0.39 is 0 Å². The summed E-state index contributed by atoms with van der Waals surface area (Å²) in [4.78, 5) is 19.3. The van der Waals surface area contributed by atoms with Crippen LogP contribution in [0.4, 0.5) is 0 Å². The number of rotatable bonds is 4. The third-order valence-electron chi connectivity index (χ3n) is 4.57. The van der Waals surface area contributed by atoms with Gasteiger partial charge in [-0.3, -0.25) is 9.78 Å². The molecule has 0 radical (unpaired) electrons. The van der Waals surface area contributed by atoms with E-state index in [0.29, 0.717) is 5.56 Å². The highest BCUT2D eigenvalue weighted by atomic mass is 16.2. The van der Waals surface area contributed by atoms with E-state index in [-0.39, 0.29) is 11.9 Å². The van der Waals surface area contributed by atoms with Crippen molar-refractivity contribution >= 4 is 5.91 Å². The number of carbonyl (C=O) groups is 1. The van der Waals surface area contributed by atoms with Crippen molar-refractivity contribution in [2.75, 3.05) is 7.05 Å². The summed E-state index contributed by atoms with van der Waals surface area (Å²) in [7, 11) is 1.84. The van der Waals surface area contributed by atoms with Gasteiger partial charge >= 0.3 is 0 Å². The lowest BCUT2D eigenvalue weighted by molar-refractivity contribution is 0.0741. The Morgan fingerprint density at radius 3 is 2.12 bits per heavy atom. The van der Waals surface area contributed by atoms with Crippen LogP contribution < -0.4 is 0 Å². The smallest absolute Gasteiger partial charge is 0.255 e. The normalized spacial score (nSPS) is 11.8. The molecule has 25 heavy (non-hydrogen) atoms. The van der Waals surface area contributed by atoms with Gasteiger partial charge in [-0.1, -0.05) is 60.7 Å². The standard InChI is InChI=1S/C22H22N2O/c1-16-20(14-15-21(23-16)19-12-8-5-9-13-19)22(25)24(3)17(2)18-10-6-4-7-11-18/h4-15,17H,1-3H3. The van der Waals surface area contributed by atoms with Crippen molar-refractivity contribution < 1.29 is 4.79 Å². The van der Waals surface area contributed by atoms with Crippen LogP contribution in [0.25, 0.3) is 11.3 Å². The van der Waals surface area contributed by atoms with Gasteiger partial charge < -0.3 is 4.90 Å². The molecule has 1 amide bonds. The highest BCUT2D eigenvalue weighted by molar-refractivity contribution is 5.95. The zero-order chi connectivity index (χ0) is 17.8. The Balaban J connectivity index is 1.85. The molecule has 0 saturated carbocycles. The molecule has 0 spiro atoms. The monoisotopic (exact) mass is 330 g/mol. The maximum Gasteiger partial charge on any atom is 0.255 e. The van der Waals surface area contributed by atoms with Crippen LogP contribution in [0, 0.1) is 6.92 Å². The van der Waals surface area contributed by atoms with Crippen LogP contribution in [0.3, 0.4) is 0 Å². The van der Waals surface area contributed by atoms with Gasteiger partial charge in [0.2, 0.25) is 0 Å². The molecule has 126 valence electrons. The average Bonchev–Trinajstić information content (AvgIpc) is 2.67. The second-order valence-corrected chi connectivity index (χ2v) is 6.20. The first-order valence-corrected chi connectivity index (χ1v) is 8.43. The third-order valence-corrected chi connectivity index (χ3v) is 4.57. The molecule has 0 N–H and O–H groups in total. The first-order valence-electron chi connectivity index (χ1n) is 8.43. The lowest BCUT2D eigenvalue weighted by Gasteiger charge is -2.26. The Hall–Kier alpha value is -2.94. The van der Waals surface area contributed by atoms with Crippen molar-refractivity contribution in [3.05, 3.63) is 89.6 Å². The van der Waals surface area contributed by atoms with Gasteiger partial charge in [0.05, 0.1) is 23.0 Å². The molecular weight excluding hydrogens is 308 g/mol. The Labute approximate surface area is 149 Å². The van der Waals surface area contributed by atoms with E-state index in [1.54, 1.807) is 4.90 Å². The topological polar surface area (TPSA) is 33.2 Å². The minimum Gasteiger partial charge on any atom is -0.335 e. The molecule has 0 aliphatic carbocycles. The van der Waals surface area contributed by atoms with Crippen LogP contribution in [0.2, 0.25) is 0 Å². The van der Waals surface area contributed by atoms with E-state index in [0.717, 1.165) is 22.5 Å². The molecule has 1 aromatic heterocycles. The Bertz CT molecular complexity index is 860. The summed E-state index contributed by atoms with van der Waals surface area (Å²) < 4.78 is 0. The number of carbonyl (C=O) groups excluding carboxylic acids is 1. The van der Waals surface area contributed by atoms with Crippen LogP contribution in [0.5, 0.6) is 0 Å². The largest absolute Gasteiger partial charge is 0.335 e. The maximum atomic E-state index is 12.9. The molecular formula is C22H22N2O. The number of pyridine rings is 1. The van der Waals surface area contributed by atoms with E-state index in [2.05, 4.69) is 4.98 Å². The molecule has 1 unspecified atom stereocenters. The van der Waals surface area contributed by atoms with Gasteiger partial charge in [0.25, 0.3) is 5.91 Å². The summed E-state index contributed by atoms with van der Waals surface area (Å²) in [5.74, 6) is -0.0130. The number of aryl methyl sites for hydroxylation is 1. The van der Waals surface area contributed by atoms with Crippen LogP contribution in [0.1, 0.15) is 34.6 Å². The molecule has 0 aliphatic heterocycles. The molecule has 0 bridgehead atoms. The van der Waals surface area contributed by atoms with E-state index in [4.69, 9.17) is 0 Å². The minimum absolute atomic E-state index is 0.00176. The summed E-state index contributed by atoms with van der Waals surface area (Å²) in [6.45, 7) is 3.93. The number of benzene rings is 2. The summed E-state index contributed by atoms with van der Waals surface area (Å²) in [6, 6.07) is 23.8. The van der Waals surface area contributed by atoms with E-state index >= 15 is 0 Å². The molecule has 3 rings (SSSR count). The van der Waals surface area contributed by atoms with E-state index in [1.165, 1.54) is 0 Å². The lowest BCUT2D eigenvalue weighted by atomic mass is 10.0. The fraction of sp³-hybridized carbons (Fsp3) is 0.182. The Morgan fingerprint density at radius 2 is 1.52 bits per heavy atom.